The van der Waals surface area contributed by atoms with Gasteiger partial charge in [-0.1, -0.05) is 11.2 Å². The topological polar surface area (TPSA) is 69.6 Å². The van der Waals surface area contributed by atoms with Crippen molar-refractivity contribution in [1.82, 2.24) is 24.9 Å². The summed E-state index contributed by atoms with van der Waals surface area (Å²) >= 11 is 0. The smallest absolute Gasteiger partial charge is 0.258 e. The van der Waals surface area contributed by atoms with Crippen molar-refractivity contribution in [2.75, 3.05) is 0 Å². The molecule has 0 fully saturated rings. The van der Waals surface area contributed by atoms with Crippen LogP contribution in [-0.2, 0) is 0 Å². The number of hydrogen-bond acceptors (Lipinski definition) is 5. The van der Waals surface area contributed by atoms with Gasteiger partial charge in [-0.2, -0.15) is 10.1 Å². The molecule has 106 valence electrons. The molecule has 1 aromatic carbocycles. The van der Waals surface area contributed by atoms with Crippen molar-refractivity contribution in [3.05, 3.63) is 67.3 Å². The lowest BCUT2D eigenvalue weighted by molar-refractivity contribution is 0.432. The average molecular weight is 289 g/mol. The van der Waals surface area contributed by atoms with Gasteiger partial charge in [-0.25, -0.2) is 4.68 Å². The molecule has 22 heavy (non-hydrogen) atoms. The normalized spacial score (nSPS) is 10.7. The third kappa shape index (κ3) is 2.26. The Kier molecular flexibility index (Phi) is 2.97. The van der Waals surface area contributed by atoms with Crippen LogP contribution in [0.4, 0.5) is 0 Å². The lowest BCUT2D eigenvalue weighted by atomic mass is 10.2. The van der Waals surface area contributed by atoms with Crippen molar-refractivity contribution in [2.45, 2.75) is 0 Å². The number of hydrogen-bond donors (Lipinski definition) is 0. The Morgan fingerprint density at radius 1 is 0.909 bits per heavy atom. The molecule has 0 amide bonds. The molecule has 6 heteroatoms. The van der Waals surface area contributed by atoms with E-state index in [1.165, 1.54) is 0 Å². The molecule has 0 aliphatic carbocycles. The standard InChI is InChI=1S/C16H11N5O/c1-3-13(11-14(4-1)21-10-2-7-18-21)16-19-15(20-22-16)12-5-8-17-9-6-12/h1-11H. The molecule has 0 unspecified atom stereocenters. The zero-order valence-electron chi connectivity index (χ0n) is 11.5. The molecule has 0 bridgehead atoms. The Hall–Kier alpha value is -3.28. The van der Waals surface area contributed by atoms with Crippen LogP contribution in [0.1, 0.15) is 0 Å². The highest BCUT2D eigenvalue weighted by Gasteiger charge is 2.11. The van der Waals surface area contributed by atoms with Gasteiger partial charge in [0.2, 0.25) is 5.82 Å². The van der Waals surface area contributed by atoms with Crippen LogP contribution in [0, 0.1) is 0 Å². The maximum atomic E-state index is 5.37. The number of benzene rings is 1. The Labute approximate surface area is 126 Å². The first-order chi connectivity index (χ1) is 10.9. The fraction of sp³-hybridized carbons (Fsp3) is 0. The second kappa shape index (κ2) is 5.25. The van der Waals surface area contributed by atoms with Crippen molar-refractivity contribution in [3.8, 4) is 28.5 Å². The summed E-state index contributed by atoms with van der Waals surface area (Å²) in [4.78, 5) is 8.42. The Balaban J connectivity index is 1.71. The van der Waals surface area contributed by atoms with E-state index in [-0.39, 0.29) is 0 Å². The predicted molar refractivity (Wildman–Crippen MR) is 80.1 cm³/mol. The lowest BCUT2D eigenvalue weighted by Crippen LogP contribution is -1.94. The van der Waals surface area contributed by atoms with E-state index in [2.05, 4.69) is 20.2 Å². The molecule has 0 N–H and O–H groups in total. The zero-order valence-corrected chi connectivity index (χ0v) is 11.5. The van der Waals surface area contributed by atoms with E-state index in [4.69, 9.17) is 4.52 Å². The molecule has 3 heterocycles. The second-order valence-electron chi connectivity index (χ2n) is 4.66. The van der Waals surface area contributed by atoms with Crippen LogP contribution in [0.3, 0.4) is 0 Å². The van der Waals surface area contributed by atoms with Crippen molar-refractivity contribution in [2.24, 2.45) is 0 Å². The lowest BCUT2D eigenvalue weighted by Gasteiger charge is -2.02. The molecule has 0 atom stereocenters. The molecule has 4 aromatic rings. The summed E-state index contributed by atoms with van der Waals surface area (Å²) in [5.41, 5.74) is 2.65. The van der Waals surface area contributed by atoms with E-state index < -0.39 is 0 Å². The van der Waals surface area contributed by atoms with Gasteiger partial charge < -0.3 is 4.52 Å². The van der Waals surface area contributed by atoms with Crippen molar-refractivity contribution in [3.63, 3.8) is 0 Å². The molecule has 6 nitrogen and oxygen atoms in total. The van der Waals surface area contributed by atoms with E-state index in [0.717, 1.165) is 16.8 Å². The van der Waals surface area contributed by atoms with Crippen LogP contribution < -0.4 is 0 Å². The number of nitrogens with zero attached hydrogens (tertiary/aromatic N) is 5. The minimum atomic E-state index is 0.473. The van der Waals surface area contributed by atoms with Gasteiger partial charge in [0, 0.05) is 35.9 Å². The fourth-order valence-corrected chi connectivity index (χ4v) is 2.16. The Morgan fingerprint density at radius 2 is 1.82 bits per heavy atom. The van der Waals surface area contributed by atoms with Gasteiger partial charge in [0.05, 0.1) is 5.69 Å². The minimum absolute atomic E-state index is 0.473. The Bertz CT molecular complexity index is 884. The van der Waals surface area contributed by atoms with Crippen molar-refractivity contribution < 1.29 is 4.52 Å². The van der Waals surface area contributed by atoms with Gasteiger partial charge in [-0.15, -0.1) is 0 Å². The van der Waals surface area contributed by atoms with Crippen molar-refractivity contribution in [1.29, 1.82) is 0 Å². The highest BCUT2D eigenvalue weighted by atomic mass is 16.5. The highest BCUT2D eigenvalue weighted by molar-refractivity contribution is 5.61. The van der Waals surface area contributed by atoms with Crippen LogP contribution in [0.2, 0.25) is 0 Å². The van der Waals surface area contributed by atoms with Crippen LogP contribution in [0.25, 0.3) is 28.5 Å². The van der Waals surface area contributed by atoms with Gasteiger partial charge in [0.15, 0.2) is 0 Å². The summed E-state index contributed by atoms with van der Waals surface area (Å²) in [5.74, 6) is 1.02. The SMILES string of the molecule is c1cc(-c2nc(-c3ccncc3)no2)cc(-n2cccn2)c1. The van der Waals surface area contributed by atoms with Crippen LogP contribution in [0.5, 0.6) is 0 Å². The van der Waals surface area contributed by atoms with E-state index in [1.54, 1.807) is 23.3 Å². The van der Waals surface area contributed by atoms with Gasteiger partial charge >= 0.3 is 0 Å². The minimum Gasteiger partial charge on any atom is -0.334 e. The summed E-state index contributed by atoms with van der Waals surface area (Å²) in [7, 11) is 0. The molecule has 0 saturated heterocycles. The monoisotopic (exact) mass is 289 g/mol. The highest BCUT2D eigenvalue weighted by Crippen LogP contribution is 2.23. The van der Waals surface area contributed by atoms with Gasteiger partial charge in [0.25, 0.3) is 5.89 Å². The Morgan fingerprint density at radius 3 is 2.64 bits per heavy atom. The molecule has 0 saturated carbocycles. The summed E-state index contributed by atoms with van der Waals surface area (Å²) in [6.07, 6.45) is 7.02. The molecule has 0 radical (unpaired) electrons. The molecular weight excluding hydrogens is 278 g/mol. The molecule has 0 aliphatic heterocycles. The average Bonchev–Trinajstić information content (AvgIpc) is 3.28. The summed E-state index contributed by atoms with van der Waals surface area (Å²) in [6.45, 7) is 0. The zero-order chi connectivity index (χ0) is 14.8. The van der Waals surface area contributed by atoms with Gasteiger partial charge in [-0.05, 0) is 36.4 Å². The molecular formula is C16H11N5O. The van der Waals surface area contributed by atoms with Gasteiger partial charge in [0.1, 0.15) is 0 Å². The quantitative estimate of drug-likeness (QED) is 0.580. The van der Waals surface area contributed by atoms with Crippen LogP contribution in [0.15, 0.2) is 71.8 Å². The van der Waals surface area contributed by atoms with E-state index in [0.29, 0.717) is 11.7 Å². The largest absolute Gasteiger partial charge is 0.334 e. The molecule has 0 spiro atoms. The maximum Gasteiger partial charge on any atom is 0.258 e. The van der Waals surface area contributed by atoms with Crippen LogP contribution in [-0.4, -0.2) is 24.9 Å². The third-order valence-electron chi connectivity index (χ3n) is 3.23. The van der Waals surface area contributed by atoms with E-state index in [9.17, 15) is 0 Å². The number of pyridine rings is 1. The van der Waals surface area contributed by atoms with E-state index >= 15 is 0 Å². The second-order valence-corrected chi connectivity index (χ2v) is 4.66. The predicted octanol–water partition coefficient (Wildman–Crippen LogP) is 2.98. The van der Waals surface area contributed by atoms with Gasteiger partial charge in [-0.3, -0.25) is 4.98 Å². The molecule has 0 aliphatic rings. The maximum absolute atomic E-state index is 5.37. The fourth-order valence-electron chi connectivity index (χ4n) is 2.16. The first-order valence-electron chi connectivity index (χ1n) is 6.75. The summed E-state index contributed by atoms with van der Waals surface area (Å²) < 4.78 is 7.15. The van der Waals surface area contributed by atoms with E-state index in [1.807, 2.05) is 48.7 Å². The third-order valence-corrected chi connectivity index (χ3v) is 3.23. The van der Waals surface area contributed by atoms with Crippen LogP contribution >= 0.6 is 0 Å². The summed E-state index contributed by atoms with van der Waals surface area (Å²) in [6, 6.07) is 13.3. The number of aromatic nitrogens is 5. The first kappa shape index (κ1) is 12.5. The molecule has 3 aromatic heterocycles. The van der Waals surface area contributed by atoms with Crippen molar-refractivity contribution >= 4 is 0 Å². The molecule has 4 rings (SSSR count). The number of rotatable bonds is 3. The summed E-state index contributed by atoms with van der Waals surface area (Å²) in [5, 5.41) is 8.24. The first-order valence-corrected chi connectivity index (χ1v) is 6.75.